The van der Waals surface area contributed by atoms with Gasteiger partial charge in [-0.1, -0.05) is 0 Å². The Bertz CT molecular complexity index is 167. The summed E-state index contributed by atoms with van der Waals surface area (Å²) in [6, 6.07) is -1.74. The number of carboxylic acid groups (broad SMARTS) is 1. The molecule has 1 amide bonds. The van der Waals surface area contributed by atoms with Gasteiger partial charge in [-0.15, -0.1) is 0 Å². The van der Waals surface area contributed by atoms with Crippen molar-refractivity contribution in [2.75, 3.05) is 0 Å². The Kier molecular flexibility index (Phi) is 1.14. The summed E-state index contributed by atoms with van der Waals surface area (Å²) in [7, 11) is 0. The van der Waals surface area contributed by atoms with E-state index in [-0.39, 0.29) is 0 Å². The quantitative estimate of drug-likeness (QED) is 0.354. The van der Waals surface area contributed by atoms with Gasteiger partial charge < -0.3 is 16.2 Å². The maximum absolute atomic E-state index is 10.2. The van der Waals surface area contributed by atoms with Crippen LogP contribution in [0.15, 0.2) is 0 Å². The van der Waals surface area contributed by atoms with Gasteiger partial charge in [-0.3, -0.25) is 4.79 Å². The second kappa shape index (κ2) is 1.70. The van der Waals surface area contributed by atoms with Gasteiger partial charge in [-0.2, -0.15) is 0 Å². The third-order valence-corrected chi connectivity index (χ3v) is 1.23. The molecule has 5 nitrogen and oxygen atoms in total. The van der Waals surface area contributed by atoms with Crippen LogP contribution in [0.5, 0.6) is 0 Å². The van der Waals surface area contributed by atoms with Gasteiger partial charge in [0.25, 0.3) is 0 Å². The summed E-state index contributed by atoms with van der Waals surface area (Å²) >= 11 is 0. The Morgan fingerprint density at radius 1 is 1.78 bits per heavy atom. The first kappa shape index (κ1) is 6.03. The van der Waals surface area contributed by atoms with E-state index in [4.69, 9.17) is 10.8 Å². The molecule has 1 saturated heterocycles. The molecule has 0 aromatic heterocycles. The first-order chi connectivity index (χ1) is 4.13. The number of aliphatic carboxylic acids is 1. The number of nitrogens with one attached hydrogen (secondary N) is 1. The zero-order valence-corrected chi connectivity index (χ0v) is 4.50. The SMILES string of the molecule is N[C@@H]1C(=O)N[C@@H]1C(=O)O. The lowest BCUT2D eigenvalue weighted by Crippen LogP contribution is -2.69. The maximum Gasteiger partial charge on any atom is 0.328 e. The zero-order valence-electron chi connectivity index (χ0n) is 4.50. The highest BCUT2D eigenvalue weighted by atomic mass is 16.4. The smallest absolute Gasteiger partial charge is 0.328 e. The molecule has 0 unspecified atom stereocenters. The molecule has 0 aliphatic carbocycles. The molecule has 1 fully saturated rings. The standard InChI is InChI=1S/C4H6N2O3/c5-1-2(4(8)9)6-3(1)7/h1-2H,5H2,(H,6,7)(H,8,9)/t1-,2-/m0/s1. The molecule has 0 bridgehead atoms. The molecule has 4 N–H and O–H groups in total. The van der Waals surface area contributed by atoms with Crippen LogP contribution in [0.1, 0.15) is 0 Å². The Morgan fingerprint density at radius 3 is 2.44 bits per heavy atom. The highest BCUT2D eigenvalue weighted by molar-refractivity contribution is 5.98. The Balaban J connectivity index is 2.51. The molecule has 0 aromatic carbocycles. The number of β-lactam (4-membered cyclic amide) rings is 1. The Labute approximate surface area is 50.8 Å². The van der Waals surface area contributed by atoms with Crippen molar-refractivity contribution in [2.45, 2.75) is 12.1 Å². The van der Waals surface area contributed by atoms with Crippen LogP contribution in [-0.4, -0.2) is 29.1 Å². The van der Waals surface area contributed by atoms with Crippen molar-refractivity contribution in [3.63, 3.8) is 0 Å². The van der Waals surface area contributed by atoms with Crippen molar-refractivity contribution >= 4 is 11.9 Å². The van der Waals surface area contributed by atoms with Gasteiger partial charge in [0, 0.05) is 0 Å². The first-order valence-electron chi connectivity index (χ1n) is 2.41. The van der Waals surface area contributed by atoms with Gasteiger partial charge in [0.15, 0.2) is 6.04 Å². The van der Waals surface area contributed by atoms with Gasteiger partial charge in [0.2, 0.25) is 5.91 Å². The lowest BCUT2D eigenvalue weighted by Gasteiger charge is -2.29. The average molecular weight is 130 g/mol. The molecule has 1 aliphatic heterocycles. The molecule has 1 rings (SSSR count). The van der Waals surface area contributed by atoms with Crippen LogP contribution in [0.4, 0.5) is 0 Å². The molecule has 0 aromatic rings. The minimum absolute atomic E-state index is 0.401. The number of nitrogens with two attached hydrogens (primary N) is 1. The lowest BCUT2D eigenvalue weighted by atomic mass is 10.0. The van der Waals surface area contributed by atoms with Crippen molar-refractivity contribution in [3.05, 3.63) is 0 Å². The lowest BCUT2D eigenvalue weighted by molar-refractivity contribution is -0.149. The number of carbonyl (C=O) groups excluding carboxylic acids is 1. The van der Waals surface area contributed by atoms with Crippen molar-refractivity contribution in [1.29, 1.82) is 0 Å². The highest BCUT2D eigenvalue weighted by Gasteiger charge is 2.41. The van der Waals surface area contributed by atoms with Gasteiger partial charge in [0.1, 0.15) is 6.04 Å². The number of hydrogen-bond acceptors (Lipinski definition) is 3. The van der Waals surface area contributed by atoms with E-state index in [1.54, 1.807) is 0 Å². The second-order valence-electron chi connectivity index (χ2n) is 1.85. The molecule has 50 valence electrons. The zero-order chi connectivity index (χ0) is 7.02. The summed E-state index contributed by atoms with van der Waals surface area (Å²) in [5.41, 5.74) is 5.07. The minimum Gasteiger partial charge on any atom is -0.480 e. The fourth-order valence-corrected chi connectivity index (χ4v) is 0.610. The molecular weight excluding hydrogens is 124 g/mol. The maximum atomic E-state index is 10.2. The largest absolute Gasteiger partial charge is 0.480 e. The Hall–Kier alpha value is -1.10. The number of rotatable bonds is 1. The van der Waals surface area contributed by atoms with Crippen LogP contribution in [0, 0.1) is 0 Å². The number of hydrogen-bond donors (Lipinski definition) is 3. The van der Waals surface area contributed by atoms with Gasteiger partial charge >= 0.3 is 5.97 Å². The van der Waals surface area contributed by atoms with Crippen LogP contribution >= 0.6 is 0 Å². The van der Waals surface area contributed by atoms with E-state index in [1.807, 2.05) is 0 Å². The summed E-state index contributed by atoms with van der Waals surface area (Å²) < 4.78 is 0. The van der Waals surface area contributed by atoms with Gasteiger partial charge in [-0.25, -0.2) is 4.79 Å². The summed E-state index contributed by atoms with van der Waals surface area (Å²) in [4.78, 5) is 20.3. The van der Waals surface area contributed by atoms with Gasteiger partial charge in [-0.05, 0) is 0 Å². The first-order valence-corrected chi connectivity index (χ1v) is 2.41. The molecule has 1 heterocycles. The molecule has 9 heavy (non-hydrogen) atoms. The third kappa shape index (κ3) is 0.746. The predicted octanol–water partition coefficient (Wildman–Crippen LogP) is -2.10. The summed E-state index contributed by atoms with van der Waals surface area (Å²) in [5.74, 6) is -1.48. The van der Waals surface area contributed by atoms with E-state index in [1.165, 1.54) is 0 Å². The summed E-state index contributed by atoms with van der Waals surface area (Å²) in [6.07, 6.45) is 0. The second-order valence-corrected chi connectivity index (χ2v) is 1.85. The minimum atomic E-state index is -1.08. The molecule has 0 spiro atoms. The molecule has 0 radical (unpaired) electrons. The molecular formula is C4H6N2O3. The van der Waals surface area contributed by atoms with Crippen molar-refractivity contribution in [2.24, 2.45) is 5.73 Å². The van der Waals surface area contributed by atoms with E-state index >= 15 is 0 Å². The average Bonchev–Trinajstić information content (AvgIpc) is 1.81. The van der Waals surface area contributed by atoms with E-state index in [2.05, 4.69) is 5.32 Å². The molecule has 2 atom stereocenters. The van der Waals surface area contributed by atoms with E-state index < -0.39 is 24.0 Å². The number of amides is 1. The van der Waals surface area contributed by atoms with E-state index in [9.17, 15) is 9.59 Å². The normalized spacial score (nSPS) is 32.8. The molecule has 0 saturated carbocycles. The van der Waals surface area contributed by atoms with Crippen molar-refractivity contribution in [3.8, 4) is 0 Å². The molecule has 5 heteroatoms. The fourth-order valence-electron chi connectivity index (χ4n) is 0.610. The Morgan fingerprint density at radius 2 is 2.33 bits per heavy atom. The third-order valence-electron chi connectivity index (χ3n) is 1.23. The van der Waals surface area contributed by atoms with Crippen LogP contribution in [-0.2, 0) is 9.59 Å². The van der Waals surface area contributed by atoms with E-state index in [0.717, 1.165) is 0 Å². The monoisotopic (exact) mass is 130 g/mol. The fraction of sp³-hybridized carbons (Fsp3) is 0.500. The van der Waals surface area contributed by atoms with Crippen LogP contribution in [0.25, 0.3) is 0 Å². The van der Waals surface area contributed by atoms with Crippen LogP contribution < -0.4 is 11.1 Å². The van der Waals surface area contributed by atoms with Gasteiger partial charge in [0.05, 0.1) is 0 Å². The van der Waals surface area contributed by atoms with E-state index in [0.29, 0.717) is 0 Å². The van der Waals surface area contributed by atoms with Crippen LogP contribution in [0.3, 0.4) is 0 Å². The summed E-state index contributed by atoms with van der Waals surface area (Å²) in [5, 5.41) is 10.4. The van der Waals surface area contributed by atoms with Crippen molar-refractivity contribution in [1.82, 2.24) is 5.32 Å². The predicted molar refractivity (Wildman–Crippen MR) is 27.5 cm³/mol. The molecule has 1 aliphatic rings. The van der Waals surface area contributed by atoms with Crippen LogP contribution in [0.2, 0.25) is 0 Å². The number of carbonyl (C=O) groups is 2. The summed E-state index contributed by atoms with van der Waals surface area (Å²) in [6.45, 7) is 0. The van der Waals surface area contributed by atoms with Crippen molar-refractivity contribution < 1.29 is 14.7 Å². The number of carboxylic acids is 1. The topological polar surface area (TPSA) is 92.4 Å². The highest BCUT2D eigenvalue weighted by Crippen LogP contribution is 2.01.